The van der Waals surface area contributed by atoms with Crippen molar-refractivity contribution in [3.05, 3.63) is 71.8 Å². The van der Waals surface area contributed by atoms with Gasteiger partial charge in [0.25, 0.3) is 0 Å². The van der Waals surface area contributed by atoms with E-state index in [0.29, 0.717) is 13.2 Å². The lowest BCUT2D eigenvalue weighted by atomic mass is 10.1. The number of benzene rings is 2. The fourth-order valence-corrected chi connectivity index (χ4v) is 5.77. The molecule has 0 N–H and O–H groups in total. The molecule has 0 heterocycles. The van der Waals surface area contributed by atoms with Crippen LogP contribution in [-0.4, -0.2) is 49.5 Å². The first-order valence-corrected chi connectivity index (χ1v) is 15.9. The van der Waals surface area contributed by atoms with E-state index in [9.17, 15) is 0 Å². The highest BCUT2D eigenvalue weighted by Gasteiger charge is 2.47. The van der Waals surface area contributed by atoms with Crippen LogP contribution in [0.3, 0.4) is 0 Å². The van der Waals surface area contributed by atoms with Gasteiger partial charge in [0.15, 0.2) is 0 Å². The smallest absolute Gasteiger partial charge is 0.102 e. The second kappa shape index (κ2) is 19.4. The van der Waals surface area contributed by atoms with Gasteiger partial charge in [-0.3, -0.25) is 4.90 Å². The molecule has 4 heteroatoms. The molecule has 0 aromatic heterocycles. The predicted molar refractivity (Wildman–Crippen MR) is 163 cm³/mol. The van der Waals surface area contributed by atoms with Crippen LogP contribution in [0, 0.1) is 0 Å². The minimum Gasteiger partial charge on any atom is -0.374 e. The summed E-state index contributed by atoms with van der Waals surface area (Å²) in [5.74, 6) is 0. The summed E-state index contributed by atoms with van der Waals surface area (Å²) >= 11 is 0. The molecule has 1 fully saturated rings. The Morgan fingerprint density at radius 1 is 0.615 bits per heavy atom. The molecule has 39 heavy (non-hydrogen) atoms. The molecule has 0 saturated heterocycles. The Morgan fingerprint density at radius 2 is 1.13 bits per heavy atom. The monoisotopic (exact) mass is 537 g/mol. The van der Waals surface area contributed by atoms with Crippen molar-refractivity contribution in [3.63, 3.8) is 0 Å². The molecule has 0 radical (unpaired) electrons. The summed E-state index contributed by atoms with van der Waals surface area (Å²) < 4.78 is 20.0. The van der Waals surface area contributed by atoms with Crippen LogP contribution < -0.4 is 0 Å². The van der Waals surface area contributed by atoms with Gasteiger partial charge in [-0.15, -0.1) is 0 Å². The summed E-state index contributed by atoms with van der Waals surface area (Å²) in [7, 11) is 2.27. The number of hydrogen-bond donors (Lipinski definition) is 0. The fourth-order valence-electron chi connectivity index (χ4n) is 5.77. The van der Waals surface area contributed by atoms with E-state index in [4.69, 9.17) is 14.2 Å². The van der Waals surface area contributed by atoms with Gasteiger partial charge in [-0.1, -0.05) is 132 Å². The Morgan fingerprint density at radius 3 is 1.72 bits per heavy atom. The Kier molecular flexibility index (Phi) is 15.8. The van der Waals surface area contributed by atoms with Gasteiger partial charge in [0.1, 0.15) is 6.10 Å². The van der Waals surface area contributed by atoms with Gasteiger partial charge >= 0.3 is 0 Å². The maximum Gasteiger partial charge on any atom is 0.102 e. The van der Waals surface area contributed by atoms with E-state index in [2.05, 4.69) is 86.5 Å². The first-order valence-electron chi connectivity index (χ1n) is 15.9. The first kappa shape index (κ1) is 31.8. The maximum atomic E-state index is 6.72. The topological polar surface area (TPSA) is 30.9 Å². The molecular weight excluding hydrogens is 482 g/mol. The van der Waals surface area contributed by atoms with Crippen LogP contribution in [0.4, 0.5) is 0 Å². The molecule has 2 aromatic rings. The molecule has 0 aliphatic heterocycles. The molecule has 218 valence electrons. The minimum absolute atomic E-state index is 0.0192. The SMILES string of the molecule is CCCCCCCCOC1C(OCc2ccccc2)CC(OCc2ccccc2)C1N(C)CCCCCCC. The Balaban J connectivity index is 1.67. The van der Waals surface area contributed by atoms with Crippen molar-refractivity contribution in [2.24, 2.45) is 0 Å². The van der Waals surface area contributed by atoms with E-state index in [0.717, 1.165) is 26.0 Å². The lowest BCUT2D eigenvalue weighted by Crippen LogP contribution is -2.48. The number of rotatable bonds is 21. The molecule has 0 bridgehead atoms. The Hall–Kier alpha value is -1.72. The molecule has 3 rings (SSSR count). The summed E-state index contributed by atoms with van der Waals surface area (Å²) in [6.07, 6.45) is 15.1. The largest absolute Gasteiger partial charge is 0.374 e. The highest BCUT2D eigenvalue weighted by Crippen LogP contribution is 2.33. The minimum atomic E-state index is 0.0192. The predicted octanol–water partition coefficient (Wildman–Crippen LogP) is 8.58. The molecule has 1 aliphatic rings. The molecular formula is C35H55NO3. The molecule has 4 unspecified atom stereocenters. The van der Waals surface area contributed by atoms with Crippen molar-refractivity contribution in [3.8, 4) is 0 Å². The number of nitrogens with zero attached hydrogens (tertiary/aromatic N) is 1. The van der Waals surface area contributed by atoms with Crippen LogP contribution in [0.15, 0.2) is 60.7 Å². The summed E-state index contributed by atoms with van der Waals surface area (Å²) in [5.41, 5.74) is 2.43. The van der Waals surface area contributed by atoms with Crippen LogP contribution in [0.5, 0.6) is 0 Å². The van der Waals surface area contributed by atoms with Crippen LogP contribution in [0.25, 0.3) is 0 Å². The normalized spacial score (nSPS) is 21.1. The van der Waals surface area contributed by atoms with Crippen molar-refractivity contribution in [1.29, 1.82) is 0 Å². The number of likely N-dealkylation sites (N-methyl/N-ethyl adjacent to an activating group) is 1. The van der Waals surface area contributed by atoms with E-state index in [1.807, 2.05) is 0 Å². The molecule has 0 amide bonds. The lowest BCUT2D eigenvalue weighted by Gasteiger charge is -2.34. The van der Waals surface area contributed by atoms with Crippen molar-refractivity contribution in [2.45, 2.75) is 128 Å². The van der Waals surface area contributed by atoms with Crippen molar-refractivity contribution >= 4 is 0 Å². The lowest BCUT2D eigenvalue weighted by molar-refractivity contribution is -0.0898. The second-order valence-electron chi connectivity index (χ2n) is 11.4. The van der Waals surface area contributed by atoms with Gasteiger partial charge in [0, 0.05) is 13.0 Å². The second-order valence-corrected chi connectivity index (χ2v) is 11.4. The Labute approximate surface area is 239 Å². The van der Waals surface area contributed by atoms with Crippen LogP contribution in [0.2, 0.25) is 0 Å². The van der Waals surface area contributed by atoms with Gasteiger partial charge in [-0.05, 0) is 37.6 Å². The van der Waals surface area contributed by atoms with Gasteiger partial charge in [0.05, 0.1) is 31.5 Å². The van der Waals surface area contributed by atoms with Crippen molar-refractivity contribution in [1.82, 2.24) is 4.90 Å². The van der Waals surface area contributed by atoms with Crippen LogP contribution >= 0.6 is 0 Å². The average Bonchev–Trinajstić information content (AvgIpc) is 3.32. The molecule has 1 saturated carbocycles. The van der Waals surface area contributed by atoms with E-state index in [-0.39, 0.29) is 24.4 Å². The van der Waals surface area contributed by atoms with Crippen LogP contribution in [-0.2, 0) is 27.4 Å². The zero-order valence-corrected chi connectivity index (χ0v) is 25.1. The van der Waals surface area contributed by atoms with Gasteiger partial charge in [-0.25, -0.2) is 0 Å². The average molecular weight is 538 g/mol. The van der Waals surface area contributed by atoms with Gasteiger partial charge in [0.2, 0.25) is 0 Å². The number of hydrogen-bond acceptors (Lipinski definition) is 4. The zero-order chi connectivity index (χ0) is 27.5. The molecule has 0 spiro atoms. The zero-order valence-electron chi connectivity index (χ0n) is 25.1. The van der Waals surface area contributed by atoms with Crippen molar-refractivity contribution < 1.29 is 14.2 Å². The van der Waals surface area contributed by atoms with E-state index < -0.39 is 0 Å². The quantitative estimate of drug-likeness (QED) is 0.149. The van der Waals surface area contributed by atoms with Gasteiger partial charge < -0.3 is 14.2 Å². The summed E-state index contributed by atoms with van der Waals surface area (Å²) in [4.78, 5) is 2.51. The van der Waals surface area contributed by atoms with E-state index >= 15 is 0 Å². The molecule has 1 aliphatic carbocycles. The number of unbranched alkanes of at least 4 members (excludes halogenated alkanes) is 9. The summed E-state index contributed by atoms with van der Waals surface area (Å²) in [6, 6.07) is 21.3. The standard InChI is InChI=1S/C35H55NO3/c1-4-6-8-10-12-20-26-37-35-33(39-29-31-23-17-14-18-24-31)27-32(38-28-30-21-15-13-16-22-30)34(35)36(3)25-19-11-9-7-5-2/h13-18,21-24,32-35H,4-12,19-20,25-29H2,1-3H3. The fraction of sp³-hybridized carbons (Fsp3) is 0.657. The third kappa shape index (κ3) is 11.7. The summed E-state index contributed by atoms with van der Waals surface area (Å²) in [5, 5.41) is 0. The third-order valence-corrected chi connectivity index (χ3v) is 8.09. The van der Waals surface area contributed by atoms with Gasteiger partial charge in [-0.2, -0.15) is 0 Å². The molecule has 2 aromatic carbocycles. The molecule has 4 nitrogen and oxygen atoms in total. The summed E-state index contributed by atoms with van der Waals surface area (Å²) in [6.45, 7) is 7.66. The van der Waals surface area contributed by atoms with Crippen LogP contribution in [0.1, 0.15) is 102 Å². The highest BCUT2D eigenvalue weighted by atomic mass is 16.6. The maximum absolute atomic E-state index is 6.72. The van der Waals surface area contributed by atoms with Crippen molar-refractivity contribution in [2.75, 3.05) is 20.2 Å². The third-order valence-electron chi connectivity index (χ3n) is 8.09. The first-order chi connectivity index (χ1) is 19.2. The molecule has 4 atom stereocenters. The number of ether oxygens (including phenoxy) is 3. The van der Waals surface area contributed by atoms with E-state index in [1.165, 1.54) is 75.3 Å². The highest BCUT2D eigenvalue weighted by molar-refractivity contribution is 5.15. The Bertz CT molecular complexity index is 845. The van der Waals surface area contributed by atoms with E-state index in [1.54, 1.807) is 0 Å².